The van der Waals surface area contributed by atoms with E-state index in [1.165, 1.54) is 0 Å². The Balaban J connectivity index is 2.47. The third-order valence-electron chi connectivity index (χ3n) is 2.04. The fraction of sp³-hybridized carbons (Fsp3) is 1.00. The number of phosphoric acid groups is 1. The van der Waals surface area contributed by atoms with E-state index in [1.807, 2.05) is 0 Å². The van der Waals surface area contributed by atoms with Crippen LogP contribution in [0.4, 0.5) is 0 Å². The van der Waals surface area contributed by atoms with Crippen molar-refractivity contribution in [1.82, 2.24) is 0 Å². The Hall–Kier alpha value is 0.680. The molecular weight excluding hydrogens is 262 g/mol. The van der Waals surface area contributed by atoms with Crippen molar-refractivity contribution in [3.8, 4) is 0 Å². The van der Waals surface area contributed by atoms with Crippen molar-refractivity contribution in [2.24, 2.45) is 0 Å². The molecule has 1 saturated carbocycles. The molecule has 0 heterocycles. The molecule has 0 bridgehead atoms. The fourth-order valence-electron chi connectivity index (χ4n) is 1.51. The second-order valence-corrected chi connectivity index (χ2v) is 7.57. The van der Waals surface area contributed by atoms with Gasteiger partial charge in [-0.2, -0.15) is 0 Å². The molecule has 0 spiro atoms. The zero-order chi connectivity index (χ0) is 11.5. The van der Waals surface area contributed by atoms with E-state index in [-0.39, 0.29) is 6.10 Å². The van der Waals surface area contributed by atoms with Crippen molar-refractivity contribution in [2.75, 3.05) is 0 Å². The highest BCUT2D eigenvalue weighted by Gasteiger charge is 2.31. The van der Waals surface area contributed by atoms with Crippen LogP contribution >= 0.6 is 14.5 Å². The average Bonchev–Trinajstić information content (AvgIpc) is 1.99. The van der Waals surface area contributed by atoms with Crippen LogP contribution in [0.2, 0.25) is 0 Å². The zero-order valence-electron chi connectivity index (χ0n) is 7.98. The molecule has 9 heteroatoms. The lowest BCUT2D eigenvalue weighted by molar-refractivity contribution is 0.127. The summed E-state index contributed by atoms with van der Waals surface area (Å²) in [6, 6.07) is 0. The molecule has 1 aliphatic rings. The molecule has 0 amide bonds. The minimum Gasteiger partial charge on any atom is -0.324 e. The van der Waals surface area contributed by atoms with E-state index >= 15 is 0 Å². The van der Waals surface area contributed by atoms with Crippen LogP contribution in [-0.4, -0.2) is 20.8 Å². The Morgan fingerprint density at radius 3 is 2.13 bits per heavy atom. The Morgan fingerprint density at radius 1 is 1.13 bits per heavy atom. The molecule has 1 unspecified atom stereocenters. The van der Waals surface area contributed by atoms with Crippen molar-refractivity contribution >= 4 is 26.3 Å². The van der Waals surface area contributed by atoms with Gasteiger partial charge in [-0.1, -0.05) is 19.3 Å². The van der Waals surface area contributed by atoms with Crippen LogP contribution in [0.5, 0.6) is 0 Å². The summed E-state index contributed by atoms with van der Waals surface area (Å²) in [7, 11) is -4.78. The van der Waals surface area contributed by atoms with E-state index in [2.05, 4.69) is 16.1 Å². The summed E-state index contributed by atoms with van der Waals surface area (Å²) in [5, 5.41) is 0. The largest absolute Gasteiger partial charge is 0.476 e. The molecule has 0 aromatic rings. The minimum atomic E-state index is -4.78. The smallest absolute Gasteiger partial charge is 0.324 e. The van der Waals surface area contributed by atoms with Crippen molar-refractivity contribution in [3.05, 3.63) is 0 Å². The van der Waals surface area contributed by atoms with Gasteiger partial charge in [0.15, 0.2) is 0 Å². The van der Waals surface area contributed by atoms with Gasteiger partial charge < -0.3 is 19.2 Å². The lowest BCUT2D eigenvalue weighted by Crippen LogP contribution is -2.15. The third kappa shape index (κ3) is 6.09. The van der Waals surface area contributed by atoms with Gasteiger partial charge in [0.2, 0.25) is 0 Å². The van der Waals surface area contributed by atoms with Crippen molar-refractivity contribution < 1.29 is 28.1 Å². The quantitative estimate of drug-likeness (QED) is 0.672. The standard InChI is InChI=1S/C6H14O6P2S/c7-13(8,9)12-14(10,15)11-6-4-2-1-3-5-6/h6H,1-5H2,(H,10,15)(H2,7,8,9). The molecule has 1 rings (SSSR count). The minimum absolute atomic E-state index is 0.249. The molecule has 1 fully saturated rings. The summed E-state index contributed by atoms with van der Waals surface area (Å²) in [5.74, 6) is 0. The maximum absolute atomic E-state index is 10.5. The highest BCUT2D eigenvalue weighted by molar-refractivity contribution is 8.08. The van der Waals surface area contributed by atoms with Gasteiger partial charge in [-0.25, -0.2) is 8.88 Å². The van der Waals surface area contributed by atoms with Gasteiger partial charge in [0.1, 0.15) is 0 Å². The first kappa shape index (κ1) is 13.7. The maximum atomic E-state index is 10.5. The van der Waals surface area contributed by atoms with Gasteiger partial charge in [0.05, 0.1) is 6.10 Å². The van der Waals surface area contributed by atoms with Gasteiger partial charge in [0.25, 0.3) is 0 Å². The second kappa shape index (κ2) is 5.34. The van der Waals surface area contributed by atoms with Crippen LogP contribution in [0.3, 0.4) is 0 Å². The van der Waals surface area contributed by atoms with Gasteiger partial charge in [0, 0.05) is 0 Å². The summed E-state index contributed by atoms with van der Waals surface area (Å²) in [5.41, 5.74) is 0. The van der Waals surface area contributed by atoms with Gasteiger partial charge in [-0.05, 0) is 24.6 Å². The maximum Gasteiger partial charge on any atom is 0.476 e. The number of hydrogen-bond acceptors (Lipinski definition) is 4. The normalized spacial score (nSPS) is 23.7. The zero-order valence-corrected chi connectivity index (χ0v) is 10.6. The summed E-state index contributed by atoms with van der Waals surface area (Å²) in [6.07, 6.45) is 4.27. The van der Waals surface area contributed by atoms with Crippen molar-refractivity contribution in [2.45, 2.75) is 38.2 Å². The third-order valence-corrected chi connectivity index (χ3v) is 5.14. The summed E-state index contributed by atoms with van der Waals surface area (Å²) < 4.78 is 19.6. The molecule has 0 radical (unpaired) electrons. The van der Waals surface area contributed by atoms with E-state index in [1.54, 1.807) is 0 Å². The van der Waals surface area contributed by atoms with E-state index in [0.29, 0.717) is 0 Å². The second-order valence-electron chi connectivity index (χ2n) is 3.41. The Kier molecular flexibility index (Phi) is 4.89. The molecule has 0 saturated heterocycles. The van der Waals surface area contributed by atoms with E-state index < -0.39 is 14.5 Å². The van der Waals surface area contributed by atoms with Crippen LogP contribution in [0, 0.1) is 0 Å². The molecule has 15 heavy (non-hydrogen) atoms. The van der Waals surface area contributed by atoms with Gasteiger partial charge >= 0.3 is 14.5 Å². The average molecular weight is 276 g/mol. The van der Waals surface area contributed by atoms with Gasteiger partial charge in [-0.15, -0.1) is 0 Å². The Morgan fingerprint density at radius 2 is 1.67 bits per heavy atom. The lowest BCUT2D eigenvalue weighted by Gasteiger charge is -2.25. The number of hydrogen-bond donors (Lipinski definition) is 3. The van der Waals surface area contributed by atoms with Crippen molar-refractivity contribution in [1.29, 1.82) is 0 Å². The summed E-state index contributed by atoms with van der Waals surface area (Å²) >= 11 is 4.50. The van der Waals surface area contributed by atoms with E-state index in [0.717, 1.165) is 32.1 Å². The first-order valence-electron chi connectivity index (χ1n) is 4.57. The molecule has 0 aromatic heterocycles. The molecule has 0 aliphatic heterocycles. The fourth-order valence-corrected chi connectivity index (χ4v) is 4.48. The molecule has 6 nitrogen and oxygen atoms in total. The summed E-state index contributed by atoms with van der Waals surface area (Å²) in [4.78, 5) is 26.4. The predicted molar refractivity (Wildman–Crippen MR) is 57.6 cm³/mol. The molecular formula is C6H14O6P2S. The Bertz CT molecular complexity index is 296. The van der Waals surface area contributed by atoms with Crippen LogP contribution < -0.4 is 0 Å². The van der Waals surface area contributed by atoms with Crippen molar-refractivity contribution in [3.63, 3.8) is 0 Å². The molecule has 90 valence electrons. The topological polar surface area (TPSA) is 96.2 Å². The Labute approximate surface area is 93.1 Å². The van der Waals surface area contributed by atoms with Crippen LogP contribution in [-0.2, 0) is 25.2 Å². The van der Waals surface area contributed by atoms with Crippen LogP contribution in [0.1, 0.15) is 32.1 Å². The molecule has 1 atom stereocenters. The lowest BCUT2D eigenvalue weighted by atomic mass is 9.98. The highest BCUT2D eigenvalue weighted by atomic mass is 32.5. The monoisotopic (exact) mass is 276 g/mol. The van der Waals surface area contributed by atoms with Crippen LogP contribution in [0.15, 0.2) is 0 Å². The molecule has 0 aromatic carbocycles. The SMILES string of the molecule is O=P(O)(O)OP(O)(=S)OC1CCCCC1. The molecule has 1 aliphatic carbocycles. The van der Waals surface area contributed by atoms with E-state index in [9.17, 15) is 9.46 Å². The highest BCUT2D eigenvalue weighted by Crippen LogP contribution is 2.59. The summed E-state index contributed by atoms with van der Waals surface area (Å²) in [6.45, 7) is -3.81. The van der Waals surface area contributed by atoms with E-state index in [4.69, 9.17) is 14.3 Å². The van der Waals surface area contributed by atoms with Gasteiger partial charge in [-0.3, -0.25) is 0 Å². The predicted octanol–water partition coefficient (Wildman–Crippen LogP) is 1.66. The van der Waals surface area contributed by atoms with Crippen LogP contribution in [0.25, 0.3) is 0 Å². The number of rotatable bonds is 4. The molecule has 3 N–H and O–H groups in total. The first-order valence-corrected chi connectivity index (χ1v) is 8.69. The first-order chi connectivity index (χ1) is 6.79.